The molecule has 1 N–H and O–H groups in total. The zero-order chi connectivity index (χ0) is 18.8. The van der Waals surface area contributed by atoms with Crippen LogP contribution in [0.2, 0.25) is 0 Å². The van der Waals surface area contributed by atoms with Gasteiger partial charge >= 0.3 is 0 Å². The van der Waals surface area contributed by atoms with Crippen molar-refractivity contribution in [1.82, 2.24) is 19.3 Å². The average molecular weight is 369 g/mol. The Bertz CT molecular complexity index is 943. The molecule has 0 radical (unpaired) electrons. The van der Waals surface area contributed by atoms with Crippen molar-refractivity contribution in [2.45, 2.75) is 36.7 Å². The molecule has 2 heterocycles. The van der Waals surface area contributed by atoms with Crippen molar-refractivity contribution in [2.24, 2.45) is 14.1 Å². The van der Waals surface area contributed by atoms with Gasteiger partial charge < -0.3 is 9.88 Å². The molecule has 0 bridgehead atoms. The number of hydrogen-bond donors (Lipinski definition) is 1. The van der Waals surface area contributed by atoms with Gasteiger partial charge in [-0.2, -0.15) is 5.10 Å². The van der Waals surface area contributed by atoms with Gasteiger partial charge in [-0.15, -0.1) is 0 Å². The van der Waals surface area contributed by atoms with E-state index in [9.17, 15) is 4.79 Å². The van der Waals surface area contributed by atoms with E-state index in [1.54, 1.807) is 6.20 Å². The van der Waals surface area contributed by atoms with E-state index >= 15 is 0 Å². The Kier molecular flexibility index (Phi) is 5.18. The maximum atomic E-state index is 12.9. The summed E-state index contributed by atoms with van der Waals surface area (Å²) in [5, 5.41) is 8.36. The van der Waals surface area contributed by atoms with Crippen molar-refractivity contribution in [3.63, 3.8) is 0 Å². The molecule has 2 aromatic heterocycles. The van der Waals surface area contributed by atoms with Crippen molar-refractivity contribution in [1.29, 1.82) is 0 Å². The highest BCUT2D eigenvalue weighted by atomic mass is 32.2. The molecule has 7 heteroatoms. The summed E-state index contributed by atoms with van der Waals surface area (Å²) in [7, 11) is 3.85. The van der Waals surface area contributed by atoms with Crippen LogP contribution < -0.4 is 5.32 Å². The number of nitrogens with zero attached hydrogens (tertiary/aromatic N) is 4. The molecule has 136 valence electrons. The molecular weight excluding hydrogens is 346 g/mol. The third-order valence-corrected chi connectivity index (χ3v) is 5.67. The lowest BCUT2D eigenvalue weighted by molar-refractivity contribution is -0.117. The standard InChI is InChI=1S/C19H23N5OS/c1-12(17-13(2)22-24(5)14(17)3)18(25)21-15-8-6-7-9-16(15)26-19-20-10-11-23(19)4/h6-12H,1-5H3,(H,21,25)/t12-/m1/s1. The average Bonchev–Trinajstić information content (AvgIpc) is 3.11. The van der Waals surface area contributed by atoms with Gasteiger partial charge in [0, 0.05) is 42.6 Å². The molecule has 6 nitrogen and oxygen atoms in total. The third-order valence-electron chi connectivity index (χ3n) is 4.51. The van der Waals surface area contributed by atoms with Crippen LogP contribution in [0.15, 0.2) is 46.7 Å². The Morgan fingerprint density at radius 1 is 1.23 bits per heavy atom. The minimum Gasteiger partial charge on any atom is -0.329 e. The van der Waals surface area contributed by atoms with Gasteiger partial charge in [-0.05, 0) is 44.7 Å². The van der Waals surface area contributed by atoms with Crippen molar-refractivity contribution in [2.75, 3.05) is 5.32 Å². The second-order valence-electron chi connectivity index (χ2n) is 6.34. The highest BCUT2D eigenvalue weighted by Gasteiger charge is 2.23. The Hall–Kier alpha value is -2.54. The molecule has 26 heavy (non-hydrogen) atoms. The molecule has 0 fully saturated rings. The normalized spacial score (nSPS) is 12.2. The topological polar surface area (TPSA) is 64.7 Å². The Morgan fingerprint density at radius 3 is 2.58 bits per heavy atom. The van der Waals surface area contributed by atoms with Crippen LogP contribution in [0, 0.1) is 13.8 Å². The fourth-order valence-electron chi connectivity index (χ4n) is 3.00. The van der Waals surface area contributed by atoms with Crippen LogP contribution in [0.4, 0.5) is 5.69 Å². The number of anilines is 1. The van der Waals surface area contributed by atoms with Gasteiger partial charge in [0.15, 0.2) is 5.16 Å². The molecule has 3 rings (SSSR count). The van der Waals surface area contributed by atoms with Crippen LogP contribution in [0.3, 0.4) is 0 Å². The predicted octanol–water partition coefficient (Wildman–Crippen LogP) is 3.66. The molecule has 3 aromatic rings. The molecule has 1 amide bonds. The highest BCUT2D eigenvalue weighted by molar-refractivity contribution is 7.99. The number of hydrogen-bond acceptors (Lipinski definition) is 4. The second-order valence-corrected chi connectivity index (χ2v) is 7.35. The van der Waals surface area contributed by atoms with E-state index in [0.717, 1.165) is 32.7 Å². The maximum Gasteiger partial charge on any atom is 0.231 e. The first kappa shape index (κ1) is 18.3. The number of imidazole rings is 1. The SMILES string of the molecule is Cc1nn(C)c(C)c1[C@@H](C)C(=O)Nc1ccccc1Sc1nccn1C. The van der Waals surface area contributed by atoms with Gasteiger partial charge in [-0.1, -0.05) is 12.1 Å². The first-order valence-electron chi connectivity index (χ1n) is 8.43. The molecule has 0 saturated carbocycles. The van der Waals surface area contributed by atoms with E-state index in [0.29, 0.717) is 0 Å². The van der Waals surface area contributed by atoms with Gasteiger partial charge in [-0.25, -0.2) is 4.98 Å². The zero-order valence-electron chi connectivity index (χ0n) is 15.6. The lowest BCUT2D eigenvalue weighted by Gasteiger charge is -2.15. The van der Waals surface area contributed by atoms with Crippen LogP contribution in [-0.4, -0.2) is 25.2 Å². The van der Waals surface area contributed by atoms with E-state index < -0.39 is 0 Å². The first-order chi connectivity index (χ1) is 12.4. The maximum absolute atomic E-state index is 12.9. The summed E-state index contributed by atoms with van der Waals surface area (Å²) in [5.74, 6) is -0.327. The van der Waals surface area contributed by atoms with E-state index in [1.165, 1.54) is 11.8 Å². The quantitative estimate of drug-likeness (QED) is 0.745. The Balaban J connectivity index is 1.82. The Labute approximate surface area is 157 Å². The summed E-state index contributed by atoms with van der Waals surface area (Å²) in [6, 6.07) is 7.78. The number of aromatic nitrogens is 4. The van der Waals surface area contributed by atoms with Crippen molar-refractivity contribution in [3.05, 3.63) is 53.6 Å². The van der Waals surface area contributed by atoms with Gasteiger partial charge in [-0.3, -0.25) is 9.48 Å². The fraction of sp³-hybridized carbons (Fsp3) is 0.316. The van der Waals surface area contributed by atoms with E-state index in [2.05, 4.69) is 15.4 Å². The van der Waals surface area contributed by atoms with Gasteiger partial charge in [0.05, 0.1) is 17.3 Å². The summed E-state index contributed by atoms with van der Waals surface area (Å²) >= 11 is 1.53. The molecule has 0 aliphatic heterocycles. The predicted molar refractivity (Wildman–Crippen MR) is 103 cm³/mol. The lowest BCUT2D eigenvalue weighted by atomic mass is 9.98. The third kappa shape index (κ3) is 3.53. The molecule has 0 aliphatic carbocycles. The van der Waals surface area contributed by atoms with Crippen LogP contribution in [0.1, 0.15) is 29.8 Å². The molecule has 1 atom stereocenters. The number of benzene rings is 1. The fourth-order valence-corrected chi connectivity index (χ4v) is 3.89. The smallest absolute Gasteiger partial charge is 0.231 e. The van der Waals surface area contributed by atoms with Gasteiger partial charge in [0.1, 0.15) is 0 Å². The molecule has 0 aliphatic rings. The van der Waals surface area contributed by atoms with E-state index in [4.69, 9.17) is 0 Å². The molecule has 0 spiro atoms. The number of rotatable bonds is 5. The number of para-hydroxylation sites is 1. The van der Waals surface area contributed by atoms with E-state index in [-0.39, 0.29) is 11.8 Å². The number of carbonyl (C=O) groups is 1. The number of carbonyl (C=O) groups excluding carboxylic acids is 1. The highest BCUT2D eigenvalue weighted by Crippen LogP contribution is 2.33. The summed E-state index contributed by atoms with van der Waals surface area (Å²) in [5.41, 5.74) is 3.68. The van der Waals surface area contributed by atoms with Crippen molar-refractivity contribution < 1.29 is 4.79 Å². The molecule has 0 saturated heterocycles. The Morgan fingerprint density at radius 2 is 1.96 bits per heavy atom. The first-order valence-corrected chi connectivity index (χ1v) is 9.25. The summed E-state index contributed by atoms with van der Waals surface area (Å²) in [6.45, 7) is 5.85. The van der Waals surface area contributed by atoms with Crippen molar-refractivity contribution in [3.8, 4) is 0 Å². The van der Waals surface area contributed by atoms with Crippen molar-refractivity contribution >= 4 is 23.4 Å². The number of amides is 1. The largest absolute Gasteiger partial charge is 0.329 e. The van der Waals surface area contributed by atoms with Crippen LogP contribution in [-0.2, 0) is 18.9 Å². The van der Waals surface area contributed by atoms with Gasteiger partial charge in [0.2, 0.25) is 5.91 Å². The molecule has 1 aromatic carbocycles. The summed E-state index contributed by atoms with van der Waals surface area (Å²) < 4.78 is 3.77. The number of nitrogens with one attached hydrogen (secondary N) is 1. The summed E-state index contributed by atoms with van der Waals surface area (Å²) in [4.78, 5) is 18.2. The monoisotopic (exact) mass is 369 g/mol. The zero-order valence-corrected chi connectivity index (χ0v) is 16.5. The second kappa shape index (κ2) is 7.37. The van der Waals surface area contributed by atoms with Crippen LogP contribution in [0.5, 0.6) is 0 Å². The molecular formula is C19H23N5OS. The summed E-state index contributed by atoms with van der Waals surface area (Å²) in [6.07, 6.45) is 3.67. The lowest BCUT2D eigenvalue weighted by Crippen LogP contribution is -2.20. The minimum atomic E-state index is -0.282. The van der Waals surface area contributed by atoms with E-state index in [1.807, 2.05) is 74.6 Å². The van der Waals surface area contributed by atoms with Crippen LogP contribution in [0.25, 0.3) is 0 Å². The molecule has 0 unspecified atom stereocenters. The number of aryl methyl sites for hydroxylation is 3. The minimum absolute atomic E-state index is 0.0444. The van der Waals surface area contributed by atoms with Gasteiger partial charge in [0.25, 0.3) is 0 Å². The van der Waals surface area contributed by atoms with Crippen LogP contribution >= 0.6 is 11.8 Å².